The van der Waals surface area contributed by atoms with Crippen molar-refractivity contribution >= 4 is 34.7 Å². The molecular weight excluding hydrogens is 296 g/mol. The lowest BCUT2D eigenvalue weighted by Crippen LogP contribution is -2.41. The summed E-state index contributed by atoms with van der Waals surface area (Å²) in [5.41, 5.74) is 0.994. The first-order chi connectivity index (χ1) is 9.58. The largest absolute Gasteiger partial charge is 0.479 e. The second kappa shape index (κ2) is 6.53. The SMILES string of the molecule is CC(NC(=O)NC(C(=O)O)c1cccs1)c1ccsc1. The Balaban J connectivity index is 1.97. The molecule has 5 nitrogen and oxygen atoms in total. The molecule has 0 aliphatic carbocycles. The summed E-state index contributed by atoms with van der Waals surface area (Å²) in [6, 6.07) is 3.67. The van der Waals surface area contributed by atoms with Gasteiger partial charge in [0, 0.05) is 4.88 Å². The number of carbonyl (C=O) groups excluding carboxylic acids is 1. The fraction of sp³-hybridized carbons (Fsp3) is 0.231. The van der Waals surface area contributed by atoms with Crippen LogP contribution < -0.4 is 10.6 Å². The predicted octanol–water partition coefficient (Wildman–Crippen LogP) is 3.00. The molecule has 0 fully saturated rings. The maximum Gasteiger partial charge on any atom is 0.331 e. The van der Waals surface area contributed by atoms with Gasteiger partial charge in [0.15, 0.2) is 6.04 Å². The van der Waals surface area contributed by atoms with Gasteiger partial charge in [0.25, 0.3) is 0 Å². The van der Waals surface area contributed by atoms with Gasteiger partial charge in [0.05, 0.1) is 6.04 Å². The number of nitrogens with one attached hydrogen (secondary N) is 2. The molecule has 3 N–H and O–H groups in total. The van der Waals surface area contributed by atoms with Gasteiger partial charge in [0.1, 0.15) is 0 Å². The summed E-state index contributed by atoms with van der Waals surface area (Å²) in [7, 11) is 0. The summed E-state index contributed by atoms with van der Waals surface area (Å²) in [4.78, 5) is 23.7. The van der Waals surface area contributed by atoms with Crippen molar-refractivity contribution in [1.82, 2.24) is 10.6 Å². The van der Waals surface area contributed by atoms with Crippen LogP contribution in [0.2, 0.25) is 0 Å². The molecule has 2 aromatic rings. The van der Waals surface area contributed by atoms with Crippen molar-refractivity contribution in [3.05, 3.63) is 44.8 Å². The Morgan fingerprint density at radius 1 is 1.25 bits per heavy atom. The van der Waals surface area contributed by atoms with Gasteiger partial charge in [-0.05, 0) is 40.8 Å². The number of aliphatic carboxylic acids is 1. The van der Waals surface area contributed by atoms with Gasteiger partial charge in [-0.3, -0.25) is 0 Å². The van der Waals surface area contributed by atoms with Crippen molar-refractivity contribution in [2.24, 2.45) is 0 Å². The van der Waals surface area contributed by atoms with Crippen LogP contribution in [0.5, 0.6) is 0 Å². The van der Waals surface area contributed by atoms with E-state index in [1.54, 1.807) is 28.8 Å². The van der Waals surface area contributed by atoms with Crippen molar-refractivity contribution in [3.63, 3.8) is 0 Å². The van der Waals surface area contributed by atoms with Crippen molar-refractivity contribution < 1.29 is 14.7 Å². The van der Waals surface area contributed by atoms with Gasteiger partial charge < -0.3 is 15.7 Å². The zero-order valence-electron chi connectivity index (χ0n) is 10.7. The van der Waals surface area contributed by atoms with E-state index in [4.69, 9.17) is 0 Å². The zero-order chi connectivity index (χ0) is 14.5. The molecule has 0 spiro atoms. The normalized spacial score (nSPS) is 13.4. The number of carboxylic acids is 1. The molecule has 0 radical (unpaired) electrons. The minimum absolute atomic E-state index is 0.168. The highest BCUT2D eigenvalue weighted by atomic mass is 32.1. The van der Waals surface area contributed by atoms with Crippen LogP contribution >= 0.6 is 22.7 Å². The number of urea groups is 1. The van der Waals surface area contributed by atoms with Crippen molar-refractivity contribution in [3.8, 4) is 0 Å². The maximum atomic E-state index is 11.9. The van der Waals surface area contributed by atoms with Crippen LogP contribution in [0.15, 0.2) is 34.3 Å². The van der Waals surface area contributed by atoms with E-state index in [9.17, 15) is 14.7 Å². The topological polar surface area (TPSA) is 78.4 Å². The van der Waals surface area contributed by atoms with Crippen molar-refractivity contribution in [1.29, 1.82) is 0 Å². The smallest absolute Gasteiger partial charge is 0.331 e. The Morgan fingerprint density at radius 2 is 2.05 bits per heavy atom. The van der Waals surface area contributed by atoms with Gasteiger partial charge in [-0.25, -0.2) is 9.59 Å². The molecule has 0 aliphatic rings. The summed E-state index contributed by atoms with van der Waals surface area (Å²) in [5, 5.41) is 20.0. The first-order valence-corrected chi connectivity index (χ1v) is 7.75. The molecule has 0 aliphatic heterocycles. The maximum absolute atomic E-state index is 11.9. The first kappa shape index (κ1) is 14.5. The molecule has 0 saturated carbocycles. The molecule has 2 atom stereocenters. The molecule has 2 rings (SSSR count). The minimum atomic E-state index is -1.08. The van der Waals surface area contributed by atoms with Crippen LogP contribution in [0.3, 0.4) is 0 Å². The summed E-state index contributed by atoms with van der Waals surface area (Å²) in [5.74, 6) is -1.08. The molecule has 2 heterocycles. The molecular formula is C13H14N2O3S2. The molecule has 2 unspecified atom stereocenters. The van der Waals surface area contributed by atoms with E-state index in [0.29, 0.717) is 4.88 Å². The molecule has 0 bridgehead atoms. The Morgan fingerprint density at radius 3 is 2.60 bits per heavy atom. The number of hydrogen-bond donors (Lipinski definition) is 3. The van der Waals surface area contributed by atoms with E-state index in [1.807, 2.05) is 23.8 Å². The van der Waals surface area contributed by atoms with Crippen LogP contribution in [0.1, 0.15) is 29.4 Å². The summed E-state index contributed by atoms with van der Waals surface area (Å²) in [6.07, 6.45) is 0. The average molecular weight is 310 g/mol. The predicted molar refractivity (Wildman–Crippen MR) is 79.1 cm³/mol. The third kappa shape index (κ3) is 3.58. The third-order valence-electron chi connectivity index (χ3n) is 2.74. The highest BCUT2D eigenvalue weighted by Crippen LogP contribution is 2.20. The van der Waals surface area contributed by atoms with E-state index >= 15 is 0 Å². The van der Waals surface area contributed by atoms with Crippen LogP contribution in [0, 0.1) is 0 Å². The Kier molecular flexibility index (Phi) is 4.75. The molecule has 0 aromatic carbocycles. The first-order valence-electron chi connectivity index (χ1n) is 5.93. The van der Waals surface area contributed by atoms with Crippen LogP contribution in [-0.2, 0) is 4.79 Å². The fourth-order valence-corrected chi connectivity index (χ4v) is 3.21. The molecule has 2 amide bonds. The molecule has 7 heteroatoms. The fourth-order valence-electron chi connectivity index (χ4n) is 1.68. The molecule has 2 aromatic heterocycles. The van der Waals surface area contributed by atoms with Gasteiger partial charge in [-0.15, -0.1) is 11.3 Å². The van der Waals surface area contributed by atoms with E-state index in [0.717, 1.165) is 5.56 Å². The zero-order valence-corrected chi connectivity index (χ0v) is 12.3. The van der Waals surface area contributed by atoms with Gasteiger partial charge in [-0.2, -0.15) is 11.3 Å². The lowest BCUT2D eigenvalue weighted by molar-refractivity contribution is -0.139. The number of amides is 2. The number of carboxylic acid groups (broad SMARTS) is 1. The van der Waals surface area contributed by atoms with E-state index in [-0.39, 0.29) is 6.04 Å². The lowest BCUT2D eigenvalue weighted by atomic mass is 10.2. The van der Waals surface area contributed by atoms with E-state index < -0.39 is 18.0 Å². The summed E-state index contributed by atoms with van der Waals surface area (Å²) < 4.78 is 0. The molecule has 20 heavy (non-hydrogen) atoms. The summed E-state index contributed by atoms with van der Waals surface area (Å²) in [6.45, 7) is 1.85. The second-order valence-electron chi connectivity index (χ2n) is 4.18. The quantitative estimate of drug-likeness (QED) is 0.794. The van der Waals surface area contributed by atoms with E-state index in [1.165, 1.54) is 11.3 Å². The number of thiophene rings is 2. The van der Waals surface area contributed by atoms with Gasteiger partial charge >= 0.3 is 12.0 Å². The Hall–Kier alpha value is -1.86. The average Bonchev–Trinajstić information content (AvgIpc) is 3.08. The minimum Gasteiger partial charge on any atom is -0.479 e. The van der Waals surface area contributed by atoms with Crippen LogP contribution in [0.25, 0.3) is 0 Å². The number of hydrogen-bond acceptors (Lipinski definition) is 4. The Bertz CT molecular complexity index is 566. The standard InChI is InChI=1S/C13H14N2O3S2/c1-8(9-4-6-19-7-9)14-13(18)15-11(12(16)17)10-3-2-5-20-10/h2-8,11H,1H3,(H,16,17)(H2,14,15,18). The summed E-state index contributed by atoms with van der Waals surface area (Å²) >= 11 is 2.84. The van der Waals surface area contributed by atoms with Crippen molar-refractivity contribution in [2.45, 2.75) is 19.0 Å². The highest BCUT2D eigenvalue weighted by Gasteiger charge is 2.23. The van der Waals surface area contributed by atoms with Gasteiger partial charge in [-0.1, -0.05) is 6.07 Å². The number of carbonyl (C=O) groups is 2. The van der Waals surface area contributed by atoms with Crippen molar-refractivity contribution in [2.75, 3.05) is 0 Å². The van der Waals surface area contributed by atoms with Crippen LogP contribution in [0.4, 0.5) is 4.79 Å². The number of rotatable bonds is 5. The Labute approximate surface area is 124 Å². The third-order valence-corrected chi connectivity index (χ3v) is 4.38. The van der Waals surface area contributed by atoms with Crippen LogP contribution in [-0.4, -0.2) is 17.1 Å². The monoisotopic (exact) mass is 310 g/mol. The van der Waals surface area contributed by atoms with E-state index in [2.05, 4.69) is 10.6 Å². The second-order valence-corrected chi connectivity index (χ2v) is 5.94. The highest BCUT2D eigenvalue weighted by molar-refractivity contribution is 7.10. The lowest BCUT2D eigenvalue weighted by Gasteiger charge is -2.17. The van der Waals surface area contributed by atoms with Gasteiger partial charge in [0.2, 0.25) is 0 Å². The molecule has 0 saturated heterocycles. The molecule has 106 valence electrons.